The smallest absolute Gasteiger partial charge is 0.328 e. The number of methoxy groups -OCH3 is 1. The molecule has 0 saturated carbocycles. The molecule has 0 radical (unpaired) electrons. The molecule has 1 fully saturated rings. The number of esters is 1. The molecule has 2 aliphatic heterocycles. The van der Waals surface area contributed by atoms with Crippen molar-refractivity contribution >= 4 is 22.8 Å². The zero-order valence-electron chi connectivity index (χ0n) is 15.2. The molecular formula is C20H24N2O3. The number of nitrogens with zero attached hydrogens (tertiary/aromatic N) is 1. The number of hydrogen-bond acceptors (Lipinski definition) is 3. The maximum Gasteiger partial charge on any atom is 0.328 e. The number of amides is 1. The average Bonchev–Trinajstić information content (AvgIpc) is 3.12. The van der Waals surface area contributed by atoms with Gasteiger partial charge in [0.05, 0.1) is 12.6 Å². The molecule has 1 amide bonds. The van der Waals surface area contributed by atoms with Crippen molar-refractivity contribution in [3.63, 3.8) is 0 Å². The number of fused-ring (bicyclic) bond motifs is 5. The quantitative estimate of drug-likeness (QED) is 0.811. The van der Waals surface area contributed by atoms with Crippen LogP contribution in [0.15, 0.2) is 24.3 Å². The summed E-state index contributed by atoms with van der Waals surface area (Å²) in [5, 5.41) is 1.13. The van der Waals surface area contributed by atoms with E-state index in [1.54, 1.807) is 0 Å². The molecule has 2 aliphatic rings. The molecule has 4 rings (SSSR count). The maximum absolute atomic E-state index is 12.8. The first-order chi connectivity index (χ1) is 11.8. The predicted molar refractivity (Wildman–Crippen MR) is 95.0 cm³/mol. The maximum atomic E-state index is 12.8. The van der Waals surface area contributed by atoms with E-state index in [2.05, 4.69) is 37.9 Å². The van der Waals surface area contributed by atoms with E-state index in [1.807, 2.05) is 17.0 Å². The van der Waals surface area contributed by atoms with Gasteiger partial charge in [-0.2, -0.15) is 0 Å². The van der Waals surface area contributed by atoms with Gasteiger partial charge in [0.1, 0.15) is 6.04 Å². The van der Waals surface area contributed by atoms with Crippen molar-refractivity contribution in [3.05, 3.63) is 35.5 Å². The highest BCUT2D eigenvalue weighted by Crippen LogP contribution is 2.56. The molecule has 2 aromatic rings. The monoisotopic (exact) mass is 340 g/mol. The number of nitrogens with one attached hydrogen (secondary N) is 1. The molecule has 0 spiro atoms. The molecule has 1 saturated heterocycles. The van der Waals surface area contributed by atoms with Gasteiger partial charge in [-0.25, -0.2) is 4.79 Å². The van der Waals surface area contributed by atoms with Gasteiger partial charge in [-0.3, -0.25) is 4.79 Å². The Hall–Kier alpha value is -2.30. The minimum Gasteiger partial charge on any atom is -0.467 e. The molecule has 25 heavy (non-hydrogen) atoms. The topological polar surface area (TPSA) is 62.4 Å². The van der Waals surface area contributed by atoms with Crippen LogP contribution in [0, 0.1) is 5.41 Å². The highest BCUT2D eigenvalue weighted by atomic mass is 16.5. The number of hydrogen-bond donors (Lipinski definition) is 1. The first kappa shape index (κ1) is 16.2. The first-order valence-electron chi connectivity index (χ1n) is 8.81. The Balaban J connectivity index is 2.06. The van der Waals surface area contributed by atoms with E-state index >= 15 is 0 Å². The summed E-state index contributed by atoms with van der Waals surface area (Å²) >= 11 is 0. The fourth-order valence-corrected chi connectivity index (χ4v) is 4.91. The van der Waals surface area contributed by atoms with Crippen molar-refractivity contribution in [2.24, 2.45) is 5.41 Å². The number of carbonyl (C=O) groups excluding carboxylic acids is 2. The van der Waals surface area contributed by atoms with E-state index in [4.69, 9.17) is 4.74 Å². The van der Waals surface area contributed by atoms with Gasteiger partial charge < -0.3 is 14.6 Å². The Morgan fingerprint density at radius 2 is 2.04 bits per heavy atom. The third-order valence-electron chi connectivity index (χ3n) is 6.03. The molecule has 1 aromatic heterocycles. The summed E-state index contributed by atoms with van der Waals surface area (Å²) in [6.45, 7) is 6.44. The van der Waals surface area contributed by atoms with Gasteiger partial charge in [-0.15, -0.1) is 0 Å². The molecular weight excluding hydrogens is 316 g/mol. The van der Waals surface area contributed by atoms with E-state index in [-0.39, 0.29) is 17.3 Å². The minimum atomic E-state index is -0.564. The van der Waals surface area contributed by atoms with Crippen LogP contribution < -0.4 is 0 Å². The summed E-state index contributed by atoms with van der Waals surface area (Å²) in [7, 11) is 1.40. The van der Waals surface area contributed by atoms with Crippen molar-refractivity contribution in [2.75, 3.05) is 7.11 Å². The summed E-state index contributed by atoms with van der Waals surface area (Å²) in [4.78, 5) is 30.8. The zero-order valence-corrected chi connectivity index (χ0v) is 15.2. The highest BCUT2D eigenvalue weighted by Gasteiger charge is 2.61. The van der Waals surface area contributed by atoms with Gasteiger partial charge in [0, 0.05) is 29.4 Å². The number of carbonyl (C=O) groups is 2. The summed E-state index contributed by atoms with van der Waals surface area (Å²) in [6.07, 6.45) is 1.66. The lowest BCUT2D eigenvalue weighted by Gasteiger charge is -2.53. The summed E-state index contributed by atoms with van der Waals surface area (Å²) in [5.41, 5.74) is 2.55. The lowest BCUT2D eigenvalue weighted by atomic mass is 9.66. The highest BCUT2D eigenvalue weighted by molar-refractivity contribution is 5.92. The van der Waals surface area contributed by atoms with Crippen molar-refractivity contribution in [2.45, 2.75) is 51.6 Å². The van der Waals surface area contributed by atoms with E-state index in [0.29, 0.717) is 19.3 Å². The second-order valence-electron chi connectivity index (χ2n) is 8.14. The standard InChI is InChI=1S/C20H24N2O3/c1-19(2,3)20-10-9-16(23)22(20)15(18(24)25-4)11-13-12-7-5-6-8-14(12)21-17(13)20/h5-8,15,21H,9-11H2,1-4H3/t15-,20+/m0/s1. The number of ether oxygens (including phenoxy) is 1. The van der Waals surface area contributed by atoms with Gasteiger partial charge in [0.15, 0.2) is 0 Å². The van der Waals surface area contributed by atoms with E-state index in [1.165, 1.54) is 7.11 Å². The summed E-state index contributed by atoms with van der Waals surface area (Å²) in [5.74, 6) is -0.297. The van der Waals surface area contributed by atoms with Crippen LogP contribution >= 0.6 is 0 Å². The van der Waals surface area contributed by atoms with Gasteiger partial charge in [-0.05, 0) is 23.5 Å². The summed E-state index contributed by atoms with van der Waals surface area (Å²) in [6, 6.07) is 7.59. The van der Waals surface area contributed by atoms with Gasteiger partial charge in [-0.1, -0.05) is 39.0 Å². The third-order valence-corrected chi connectivity index (χ3v) is 6.03. The Labute approximate surface area is 147 Å². The number of para-hydroxylation sites is 1. The molecule has 1 aromatic carbocycles. The van der Waals surface area contributed by atoms with Crippen molar-refractivity contribution < 1.29 is 14.3 Å². The van der Waals surface area contributed by atoms with Crippen LogP contribution in [0.1, 0.15) is 44.9 Å². The normalized spacial score (nSPS) is 25.8. The second-order valence-corrected chi connectivity index (χ2v) is 8.14. The molecule has 1 N–H and O–H groups in total. The van der Waals surface area contributed by atoms with Crippen LogP contribution in [-0.2, 0) is 26.3 Å². The number of aromatic nitrogens is 1. The van der Waals surface area contributed by atoms with Gasteiger partial charge >= 0.3 is 5.97 Å². The van der Waals surface area contributed by atoms with Crippen LogP contribution in [0.4, 0.5) is 0 Å². The van der Waals surface area contributed by atoms with Crippen LogP contribution in [0.3, 0.4) is 0 Å². The Bertz CT molecular complexity index is 877. The Morgan fingerprint density at radius 3 is 2.72 bits per heavy atom. The number of H-pyrrole nitrogens is 1. The average molecular weight is 340 g/mol. The largest absolute Gasteiger partial charge is 0.467 e. The lowest BCUT2D eigenvalue weighted by molar-refractivity contribution is -0.160. The fraction of sp³-hybridized carbons (Fsp3) is 0.500. The molecule has 0 aliphatic carbocycles. The van der Waals surface area contributed by atoms with Crippen LogP contribution in [0.25, 0.3) is 10.9 Å². The fourth-order valence-electron chi connectivity index (χ4n) is 4.91. The van der Waals surface area contributed by atoms with Crippen LogP contribution in [0.5, 0.6) is 0 Å². The van der Waals surface area contributed by atoms with Crippen molar-refractivity contribution in [1.82, 2.24) is 9.88 Å². The number of benzene rings is 1. The SMILES string of the molecule is COC(=O)[C@@H]1Cc2c([nH]c3ccccc23)[C@@]2(C(C)(C)C)CCC(=O)N12. The van der Waals surface area contributed by atoms with Crippen molar-refractivity contribution in [3.8, 4) is 0 Å². The van der Waals surface area contributed by atoms with Crippen LogP contribution in [-0.4, -0.2) is 34.9 Å². The molecule has 0 bridgehead atoms. The molecule has 0 unspecified atom stereocenters. The molecule has 2 atom stereocenters. The lowest BCUT2D eigenvalue weighted by Crippen LogP contribution is -2.61. The van der Waals surface area contributed by atoms with E-state index in [9.17, 15) is 9.59 Å². The second kappa shape index (κ2) is 5.10. The first-order valence-corrected chi connectivity index (χ1v) is 8.81. The zero-order chi connectivity index (χ0) is 18.0. The summed E-state index contributed by atoms with van der Waals surface area (Å²) < 4.78 is 5.06. The molecule has 3 heterocycles. The number of rotatable bonds is 1. The van der Waals surface area contributed by atoms with Gasteiger partial charge in [0.25, 0.3) is 0 Å². The third kappa shape index (κ3) is 1.95. The number of aromatic amines is 1. The molecule has 5 nitrogen and oxygen atoms in total. The van der Waals surface area contributed by atoms with E-state index < -0.39 is 11.6 Å². The van der Waals surface area contributed by atoms with Crippen molar-refractivity contribution in [1.29, 1.82) is 0 Å². The molecule has 132 valence electrons. The Kier molecular flexibility index (Phi) is 3.30. The molecule has 5 heteroatoms. The van der Waals surface area contributed by atoms with Gasteiger partial charge in [0.2, 0.25) is 5.91 Å². The van der Waals surface area contributed by atoms with E-state index in [0.717, 1.165) is 22.2 Å². The predicted octanol–water partition coefficient (Wildman–Crippen LogP) is 3.13. The Morgan fingerprint density at radius 1 is 1.32 bits per heavy atom. The minimum absolute atomic E-state index is 0.0367. The van der Waals surface area contributed by atoms with Crippen LogP contribution in [0.2, 0.25) is 0 Å².